The molecule has 0 unspecified atom stereocenters. The van der Waals surface area contributed by atoms with E-state index in [0.717, 1.165) is 13.1 Å². The fourth-order valence-corrected chi connectivity index (χ4v) is 1.82. The molecule has 0 saturated heterocycles. The van der Waals surface area contributed by atoms with Crippen LogP contribution in [0.2, 0.25) is 0 Å². The van der Waals surface area contributed by atoms with E-state index in [0.29, 0.717) is 11.2 Å². The van der Waals surface area contributed by atoms with Gasteiger partial charge in [-0.1, -0.05) is 11.8 Å². The maximum atomic E-state index is 10.5. The summed E-state index contributed by atoms with van der Waals surface area (Å²) in [5, 5.41) is 17.0. The fourth-order valence-electron chi connectivity index (χ4n) is 1.16. The number of hydrogen-bond acceptors (Lipinski definition) is 5. The average Bonchev–Trinajstić information content (AvgIpc) is 2.70. The highest BCUT2D eigenvalue weighted by atomic mass is 32.2. The molecule has 0 atom stereocenters. The van der Waals surface area contributed by atoms with E-state index >= 15 is 0 Å². The fraction of sp³-hybridized carbons (Fsp3) is 0.700. The molecular weight excluding hydrogens is 240 g/mol. The number of hydrogen-bond donors (Lipinski definition) is 1. The minimum Gasteiger partial charge on any atom is -0.481 e. The molecule has 1 heterocycles. The van der Waals surface area contributed by atoms with Crippen LogP contribution >= 0.6 is 11.8 Å². The van der Waals surface area contributed by atoms with Crippen LogP contribution in [0.3, 0.4) is 0 Å². The molecule has 1 aromatic heterocycles. The van der Waals surface area contributed by atoms with Crippen molar-refractivity contribution >= 4 is 17.7 Å². The molecule has 0 aliphatic carbocycles. The summed E-state index contributed by atoms with van der Waals surface area (Å²) in [6.07, 6.45) is 1.64. The highest BCUT2D eigenvalue weighted by Crippen LogP contribution is 2.14. The molecule has 1 aromatic rings. The summed E-state index contributed by atoms with van der Waals surface area (Å²) < 4.78 is 1.88. The van der Waals surface area contributed by atoms with Crippen molar-refractivity contribution in [1.29, 1.82) is 0 Å². The third-order valence-corrected chi connectivity index (χ3v) is 3.45. The van der Waals surface area contributed by atoms with Gasteiger partial charge in [0.1, 0.15) is 6.33 Å². The van der Waals surface area contributed by atoms with E-state index < -0.39 is 5.97 Å². The maximum Gasteiger partial charge on any atom is 0.313 e. The number of carboxylic acids is 1. The summed E-state index contributed by atoms with van der Waals surface area (Å²) in [7, 11) is 2.05. The summed E-state index contributed by atoms with van der Waals surface area (Å²) >= 11 is 1.19. The van der Waals surface area contributed by atoms with E-state index in [4.69, 9.17) is 5.11 Å². The Labute approximate surface area is 105 Å². The summed E-state index contributed by atoms with van der Waals surface area (Å²) in [4.78, 5) is 12.7. The molecule has 1 N–H and O–H groups in total. The van der Waals surface area contributed by atoms with Crippen molar-refractivity contribution in [2.45, 2.75) is 31.6 Å². The first kappa shape index (κ1) is 14.0. The first-order valence-corrected chi connectivity index (χ1v) is 6.42. The van der Waals surface area contributed by atoms with Gasteiger partial charge in [0, 0.05) is 19.1 Å². The third-order valence-electron chi connectivity index (χ3n) is 2.48. The summed E-state index contributed by atoms with van der Waals surface area (Å²) in [6, 6.07) is 0.488. The molecular formula is C10H18N4O2S. The van der Waals surface area contributed by atoms with Crippen molar-refractivity contribution in [2.75, 3.05) is 19.3 Å². The molecule has 0 aliphatic rings. The second-order valence-corrected chi connectivity index (χ2v) is 5.01. The van der Waals surface area contributed by atoms with Crippen LogP contribution in [0.5, 0.6) is 0 Å². The topological polar surface area (TPSA) is 71.2 Å². The van der Waals surface area contributed by atoms with Gasteiger partial charge in [-0.25, -0.2) is 0 Å². The molecule has 0 radical (unpaired) electrons. The predicted molar refractivity (Wildman–Crippen MR) is 66.1 cm³/mol. The monoisotopic (exact) mass is 258 g/mol. The molecule has 0 spiro atoms. The number of thioether (sulfide) groups is 1. The molecule has 0 aliphatic heterocycles. The zero-order valence-corrected chi connectivity index (χ0v) is 11.1. The molecule has 1 rings (SSSR count). The Morgan fingerprint density at radius 1 is 1.65 bits per heavy atom. The maximum absolute atomic E-state index is 10.5. The lowest BCUT2D eigenvalue weighted by Gasteiger charge is -2.21. The Balaban J connectivity index is 2.48. The number of aliphatic carboxylic acids is 1. The van der Waals surface area contributed by atoms with Crippen molar-refractivity contribution in [3.63, 3.8) is 0 Å². The third kappa shape index (κ3) is 4.74. The molecule has 7 heteroatoms. The lowest BCUT2D eigenvalue weighted by molar-refractivity contribution is -0.133. The first-order valence-electron chi connectivity index (χ1n) is 5.43. The minimum atomic E-state index is -0.844. The Kier molecular flexibility index (Phi) is 5.43. The first-order chi connectivity index (χ1) is 8.00. The quantitative estimate of drug-likeness (QED) is 0.729. The second-order valence-electron chi connectivity index (χ2n) is 4.06. The van der Waals surface area contributed by atoms with Crippen LogP contribution in [0.25, 0.3) is 0 Å². The van der Waals surface area contributed by atoms with Crippen LogP contribution in [0.1, 0.15) is 13.8 Å². The number of carboxylic acid groups (broad SMARTS) is 1. The van der Waals surface area contributed by atoms with Crippen molar-refractivity contribution in [3.05, 3.63) is 6.33 Å². The van der Waals surface area contributed by atoms with Gasteiger partial charge in [-0.15, -0.1) is 10.2 Å². The highest BCUT2D eigenvalue weighted by molar-refractivity contribution is 7.99. The van der Waals surface area contributed by atoms with E-state index in [1.54, 1.807) is 6.33 Å². The van der Waals surface area contributed by atoms with Crippen molar-refractivity contribution < 1.29 is 9.90 Å². The van der Waals surface area contributed by atoms with Gasteiger partial charge in [0.25, 0.3) is 0 Å². The molecule has 0 amide bonds. The zero-order valence-electron chi connectivity index (χ0n) is 10.3. The van der Waals surface area contributed by atoms with Gasteiger partial charge in [0.05, 0.1) is 5.75 Å². The normalized spacial score (nSPS) is 11.4. The van der Waals surface area contributed by atoms with Crippen LogP contribution in [0, 0.1) is 0 Å². The lowest BCUT2D eigenvalue weighted by atomic mass is 10.3. The molecule has 17 heavy (non-hydrogen) atoms. The van der Waals surface area contributed by atoms with E-state index in [1.165, 1.54) is 11.8 Å². The molecule has 0 aromatic carbocycles. The summed E-state index contributed by atoms with van der Waals surface area (Å²) in [5.41, 5.74) is 0. The van der Waals surface area contributed by atoms with Gasteiger partial charge in [0.2, 0.25) is 0 Å². The largest absolute Gasteiger partial charge is 0.481 e. The number of rotatable bonds is 7. The van der Waals surface area contributed by atoms with E-state index in [1.807, 2.05) is 4.57 Å². The Bertz CT molecular complexity index is 367. The second kappa shape index (κ2) is 6.61. The number of aromatic nitrogens is 3. The van der Waals surface area contributed by atoms with Gasteiger partial charge < -0.3 is 14.6 Å². The molecule has 96 valence electrons. The highest BCUT2D eigenvalue weighted by Gasteiger charge is 2.09. The SMILES string of the molecule is CC(C)N(C)CCn1cnnc1SCC(=O)O. The minimum absolute atomic E-state index is 0.0126. The number of carbonyl (C=O) groups is 1. The van der Waals surface area contributed by atoms with Gasteiger partial charge in [-0.3, -0.25) is 4.79 Å². The van der Waals surface area contributed by atoms with E-state index in [9.17, 15) is 4.79 Å². The summed E-state index contributed by atoms with van der Waals surface area (Å²) in [6.45, 7) is 5.92. The Morgan fingerprint density at radius 3 is 2.94 bits per heavy atom. The number of nitrogens with zero attached hydrogens (tertiary/aromatic N) is 4. The van der Waals surface area contributed by atoms with E-state index in [2.05, 4.69) is 36.0 Å². The molecule has 6 nitrogen and oxygen atoms in total. The molecule has 0 saturated carbocycles. The standard InChI is InChI=1S/C10H18N4O2S/c1-8(2)13(3)4-5-14-7-11-12-10(14)17-6-9(15)16/h7-8H,4-6H2,1-3H3,(H,15,16). The average molecular weight is 258 g/mol. The van der Waals surface area contributed by atoms with Crippen LogP contribution in [0.4, 0.5) is 0 Å². The molecule has 0 bridgehead atoms. The van der Waals surface area contributed by atoms with Crippen LogP contribution < -0.4 is 0 Å². The van der Waals surface area contributed by atoms with Gasteiger partial charge >= 0.3 is 5.97 Å². The zero-order chi connectivity index (χ0) is 12.8. The van der Waals surface area contributed by atoms with Crippen LogP contribution in [-0.2, 0) is 11.3 Å². The van der Waals surface area contributed by atoms with Crippen LogP contribution in [-0.4, -0.2) is 56.1 Å². The molecule has 0 fully saturated rings. The van der Waals surface area contributed by atoms with Crippen molar-refractivity contribution in [1.82, 2.24) is 19.7 Å². The van der Waals surface area contributed by atoms with Crippen LogP contribution in [0.15, 0.2) is 11.5 Å². The van der Waals surface area contributed by atoms with Crippen molar-refractivity contribution in [2.24, 2.45) is 0 Å². The van der Waals surface area contributed by atoms with Crippen molar-refractivity contribution in [3.8, 4) is 0 Å². The van der Waals surface area contributed by atoms with Gasteiger partial charge in [-0.05, 0) is 20.9 Å². The van der Waals surface area contributed by atoms with E-state index in [-0.39, 0.29) is 5.75 Å². The Hall–Kier alpha value is -1.08. The van der Waals surface area contributed by atoms with Gasteiger partial charge in [0.15, 0.2) is 5.16 Å². The summed E-state index contributed by atoms with van der Waals surface area (Å²) in [5.74, 6) is -0.831. The van der Waals surface area contributed by atoms with Gasteiger partial charge in [-0.2, -0.15) is 0 Å². The Morgan fingerprint density at radius 2 is 2.35 bits per heavy atom. The smallest absolute Gasteiger partial charge is 0.313 e. The predicted octanol–water partition coefficient (Wildman–Crippen LogP) is 0.795. The lowest BCUT2D eigenvalue weighted by Crippen LogP contribution is -2.29. The number of likely N-dealkylation sites (N-methyl/N-ethyl adjacent to an activating group) is 1.